The van der Waals surface area contributed by atoms with E-state index in [-0.39, 0.29) is 11.9 Å². The predicted molar refractivity (Wildman–Crippen MR) is 84.0 cm³/mol. The highest BCUT2D eigenvalue weighted by Gasteiger charge is 2.21. The van der Waals surface area contributed by atoms with Gasteiger partial charge in [-0.15, -0.1) is 0 Å². The number of hydrogen-bond acceptors (Lipinski definition) is 2. The summed E-state index contributed by atoms with van der Waals surface area (Å²) < 4.78 is 0. The van der Waals surface area contributed by atoms with Crippen LogP contribution in [0.2, 0.25) is 0 Å². The van der Waals surface area contributed by atoms with Gasteiger partial charge in [-0.1, -0.05) is 44.9 Å². The second-order valence-corrected chi connectivity index (χ2v) is 6.10. The van der Waals surface area contributed by atoms with Crippen LogP contribution in [0.4, 0.5) is 5.69 Å². The van der Waals surface area contributed by atoms with E-state index in [0.717, 1.165) is 18.5 Å². The Kier molecular flexibility index (Phi) is 5.05. The lowest BCUT2D eigenvalue weighted by atomic mass is 10.0. The highest BCUT2D eigenvalue weighted by atomic mass is 16.2. The molecule has 0 radical (unpaired) electrons. The van der Waals surface area contributed by atoms with Crippen LogP contribution in [-0.2, 0) is 4.79 Å². The molecule has 20 heavy (non-hydrogen) atoms. The maximum absolute atomic E-state index is 12.2. The SMILES string of the molecule is CC(Nc1ccccc1C(C)C)C(=O)NC1CCCC1. The zero-order chi connectivity index (χ0) is 14.5. The number of benzene rings is 1. The Balaban J connectivity index is 1.96. The molecule has 0 spiro atoms. The molecule has 110 valence electrons. The van der Waals surface area contributed by atoms with Crippen molar-refractivity contribution in [2.24, 2.45) is 0 Å². The summed E-state index contributed by atoms with van der Waals surface area (Å²) in [4.78, 5) is 12.2. The summed E-state index contributed by atoms with van der Waals surface area (Å²) >= 11 is 0. The van der Waals surface area contributed by atoms with Crippen molar-refractivity contribution in [2.45, 2.75) is 64.5 Å². The molecule has 0 saturated heterocycles. The van der Waals surface area contributed by atoms with Crippen LogP contribution in [0.5, 0.6) is 0 Å². The Labute approximate surface area is 122 Å². The normalized spacial score (nSPS) is 17.2. The zero-order valence-electron chi connectivity index (χ0n) is 12.8. The molecular formula is C17H26N2O. The molecule has 1 saturated carbocycles. The van der Waals surface area contributed by atoms with Gasteiger partial charge in [0.15, 0.2) is 0 Å². The lowest BCUT2D eigenvalue weighted by Gasteiger charge is -2.21. The van der Waals surface area contributed by atoms with E-state index in [1.165, 1.54) is 18.4 Å². The molecule has 1 amide bonds. The Morgan fingerprint density at radius 2 is 1.80 bits per heavy atom. The van der Waals surface area contributed by atoms with Crippen LogP contribution in [0.15, 0.2) is 24.3 Å². The molecule has 0 aliphatic heterocycles. The topological polar surface area (TPSA) is 41.1 Å². The summed E-state index contributed by atoms with van der Waals surface area (Å²) in [6.07, 6.45) is 4.73. The van der Waals surface area contributed by atoms with Crippen LogP contribution >= 0.6 is 0 Å². The fourth-order valence-electron chi connectivity index (χ4n) is 2.83. The van der Waals surface area contributed by atoms with Gasteiger partial charge in [-0.05, 0) is 37.3 Å². The van der Waals surface area contributed by atoms with Crippen molar-refractivity contribution in [2.75, 3.05) is 5.32 Å². The van der Waals surface area contributed by atoms with Crippen LogP contribution in [-0.4, -0.2) is 18.0 Å². The number of hydrogen-bond donors (Lipinski definition) is 2. The van der Waals surface area contributed by atoms with Crippen molar-refractivity contribution < 1.29 is 4.79 Å². The Hall–Kier alpha value is -1.51. The molecule has 2 N–H and O–H groups in total. The number of anilines is 1. The average Bonchev–Trinajstić information content (AvgIpc) is 2.91. The summed E-state index contributed by atoms with van der Waals surface area (Å²) in [5, 5.41) is 6.50. The van der Waals surface area contributed by atoms with E-state index in [0.29, 0.717) is 12.0 Å². The van der Waals surface area contributed by atoms with E-state index in [1.54, 1.807) is 0 Å². The van der Waals surface area contributed by atoms with Crippen LogP contribution in [0.3, 0.4) is 0 Å². The van der Waals surface area contributed by atoms with Gasteiger partial charge in [-0.25, -0.2) is 0 Å². The number of para-hydroxylation sites is 1. The van der Waals surface area contributed by atoms with E-state index >= 15 is 0 Å². The summed E-state index contributed by atoms with van der Waals surface area (Å²) in [7, 11) is 0. The molecule has 1 aromatic carbocycles. The first-order chi connectivity index (χ1) is 9.58. The van der Waals surface area contributed by atoms with Crippen molar-refractivity contribution in [3.8, 4) is 0 Å². The summed E-state index contributed by atoms with van der Waals surface area (Å²) in [6.45, 7) is 6.27. The van der Waals surface area contributed by atoms with Crippen molar-refractivity contribution in [3.05, 3.63) is 29.8 Å². The van der Waals surface area contributed by atoms with E-state index in [9.17, 15) is 4.79 Å². The first-order valence-electron chi connectivity index (χ1n) is 7.73. The zero-order valence-corrected chi connectivity index (χ0v) is 12.8. The van der Waals surface area contributed by atoms with Gasteiger partial charge in [-0.3, -0.25) is 4.79 Å². The number of amides is 1. The average molecular weight is 274 g/mol. The van der Waals surface area contributed by atoms with Gasteiger partial charge in [0.25, 0.3) is 0 Å². The molecule has 0 heterocycles. The van der Waals surface area contributed by atoms with E-state index in [2.05, 4.69) is 36.6 Å². The third-order valence-corrected chi connectivity index (χ3v) is 4.05. The summed E-state index contributed by atoms with van der Waals surface area (Å²) in [5.74, 6) is 0.555. The first-order valence-corrected chi connectivity index (χ1v) is 7.73. The molecule has 1 aliphatic carbocycles. The maximum atomic E-state index is 12.2. The Morgan fingerprint density at radius 1 is 1.15 bits per heavy atom. The Bertz CT molecular complexity index is 450. The monoisotopic (exact) mass is 274 g/mol. The Morgan fingerprint density at radius 3 is 2.45 bits per heavy atom. The standard InChI is InChI=1S/C17H26N2O/c1-12(2)15-10-6-7-11-16(15)18-13(3)17(20)19-14-8-4-5-9-14/h6-7,10-14,18H,4-5,8-9H2,1-3H3,(H,19,20). The lowest BCUT2D eigenvalue weighted by molar-refractivity contribution is -0.122. The van der Waals surface area contributed by atoms with Crippen molar-refractivity contribution in [1.82, 2.24) is 5.32 Å². The number of nitrogens with one attached hydrogen (secondary N) is 2. The minimum Gasteiger partial charge on any atom is -0.374 e. The van der Waals surface area contributed by atoms with Gasteiger partial charge in [0.2, 0.25) is 5.91 Å². The molecule has 1 fully saturated rings. The maximum Gasteiger partial charge on any atom is 0.242 e. The minimum atomic E-state index is -0.199. The molecule has 0 bridgehead atoms. The van der Waals surface area contributed by atoms with E-state index in [1.807, 2.05) is 19.1 Å². The lowest BCUT2D eigenvalue weighted by Crippen LogP contribution is -2.42. The summed E-state index contributed by atoms with van der Waals surface area (Å²) in [6, 6.07) is 8.41. The molecular weight excluding hydrogens is 248 g/mol. The van der Waals surface area contributed by atoms with E-state index < -0.39 is 0 Å². The third-order valence-electron chi connectivity index (χ3n) is 4.05. The van der Waals surface area contributed by atoms with Crippen LogP contribution < -0.4 is 10.6 Å². The van der Waals surface area contributed by atoms with Gasteiger partial charge in [0, 0.05) is 11.7 Å². The molecule has 0 aromatic heterocycles. The minimum absolute atomic E-state index is 0.107. The second-order valence-electron chi connectivity index (χ2n) is 6.10. The molecule has 1 atom stereocenters. The number of carbonyl (C=O) groups excluding carboxylic acids is 1. The van der Waals surface area contributed by atoms with Gasteiger partial charge in [0.1, 0.15) is 6.04 Å². The smallest absolute Gasteiger partial charge is 0.242 e. The predicted octanol–water partition coefficient (Wildman–Crippen LogP) is 3.67. The fourth-order valence-corrected chi connectivity index (χ4v) is 2.83. The van der Waals surface area contributed by atoms with Crippen LogP contribution in [0.25, 0.3) is 0 Å². The molecule has 1 aliphatic rings. The first kappa shape index (κ1) is 14.9. The van der Waals surface area contributed by atoms with Crippen molar-refractivity contribution in [3.63, 3.8) is 0 Å². The molecule has 3 nitrogen and oxygen atoms in total. The fraction of sp³-hybridized carbons (Fsp3) is 0.588. The number of rotatable bonds is 5. The van der Waals surface area contributed by atoms with Gasteiger partial charge in [0.05, 0.1) is 0 Å². The number of carbonyl (C=O) groups is 1. The van der Waals surface area contributed by atoms with Crippen LogP contribution in [0, 0.1) is 0 Å². The van der Waals surface area contributed by atoms with E-state index in [4.69, 9.17) is 0 Å². The molecule has 3 heteroatoms. The van der Waals surface area contributed by atoms with Gasteiger partial charge < -0.3 is 10.6 Å². The van der Waals surface area contributed by atoms with Gasteiger partial charge >= 0.3 is 0 Å². The second kappa shape index (κ2) is 6.78. The highest BCUT2D eigenvalue weighted by molar-refractivity contribution is 5.84. The largest absolute Gasteiger partial charge is 0.374 e. The van der Waals surface area contributed by atoms with Gasteiger partial charge in [-0.2, -0.15) is 0 Å². The van der Waals surface area contributed by atoms with Crippen LogP contribution in [0.1, 0.15) is 57.9 Å². The third kappa shape index (κ3) is 3.75. The summed E-state index contributed by atoms with van der Waals surface area (Å²) in [5.41, 5.74) is 2.32. The highest BCUT2D eigenvalue weighted by Crippen LogP contribution is 2.24. The quantitative estimate of drug-likeness (QED) is 0.860. The molecule has 1 unspecified atom stereocenters. The van der Waals surface area contributed by atoms with Crippen molar-refractivity contribution in [1.29, 1.82) is 0 Å². The van der Waals surface area contributed by atoms with Crippen molar-refractivity contribution >= 4 is 11.6 Å². The molecule has 1 aromatic rings. The molecule has 2 rings (SSSR count).